The molecule has 0 amide bonds. The van der Waals surface area contributed by atoms with E-state index >= 15 is 0 Å². The fourth-order valence-corrected chi connectivity index (χ4v) is 8.05. The van der Waals surface area contributed by atoms with Crippen molar-refractivity contribution in [2.75, 3.05) is 0 Å². The van der Waals surface area contributed by atoms with E-state index in [-0.39, 0.29) is 0 Å². The summed E-state index contributed by atoms with van der Waals surface area (Å²) < 4.78 is 0. The lowest BCUT2D eigenvalue weighted by atomic mass is 9.24. The van der Waals surface area contributed by atoms with E-state index in [0.29, 0.717) is 10.8 Å². The van der Waals surface area contributed by atoms with Gasteiger partial charge in [0, 0.05) is 10.8 Å². The molecule has 2 aromatic rings. The average molecular weight is 286 g/mol. The second-order valence-electron chi connectivity index (χ2n) is 8.05. The summed E-state index contributed by atoms with van der Waals surface area (Å²) in [5, 5.41) is 0. The van der Waals surface area contributed by atoms with Crippen LogP contribution in [-0.4, -0.2) is 0 Å². The number of hydrogen-bond donors (Lipinski definition) is 0. The molecule has 0 heterocycles. The van der Waals surface area contributed by atoms with Crippen LogP contribution in [0.1, 0.15) is 36.8 Å². The van der Waals surface area contributed by atoms with Gasteiger partial charge in [0.2, 0.25) is 0 Å². The third kappa shape index (κ3) is 0.935. The summed E-state index contributed by atoms with van der Waals surface area (Å²) in [6.07, 6.45) is 5.93. The van der Waals surface area contributed by atoms with Crippen LogP contribution in [-0.2, 0) is 10.8 Å². The summed E-state index contributed by atoms with van der Waals surface area (Å²) in [6, 6.07) is 23.1. The summed E-state index contributed by atoms with van der Waals surface area (Å²) in [4.78, 5) is 0. The molecule has 0 spiro atoms. The molecule has 4 fully saturated rings. The van der Waals surface area contributed by atoms with Gasteiger partial charge in [-0.05, 0) is 60.5 Å². The lowest BCUT2D eigenvalue weighted by Gasteiger charge is -2.78. The molecule has 0 unspecified atom stereocenters. The molecule has 0 bridgehead atoms. The summed E-state index contributed by atoms with van der Waals surface area (Å²) in [5.41, 5.74) is 4.28. The van der Waals surface area contributed by atoms with Crippen LogP contribution in [0.2, 0.25) is 0 Å². The Morgan fingerprint density at radius 2 is 0.818 bits per heavy atom. The molecular weight excluding hydrogens is 264 g/mol. The lowest BCUT2D eigenvalue weighted by molar-refractivity contribution is -0.195. The third-order valence-corrected chi connectivity index (χ3v) is 8.08. The van der Waals surface area contributed by atoms with Crippen LogP contribution >= 0.6 is 0 Å². The van der Waals surface area contributed by atoms with Crippen LogP contribution in [0.4, 0.5) is 0 Å². The Hall–Kier alpha value is -1.56. The minimum Gasteiger partial charge on any atom is -0.0622 e. The van der Waals surface area contributed by atoms with Gasteiger partial charge in [-0.25, -0.2) is 0 Å². The number of rotatable bonds is 2. The highest BCUT2D eigenvalue weighted by atomic mass is 14.9. The topological polar surface area (TPSA) is 0 Å². The highest BCUT2D eigenvalue weighted by Crippen LogP contribution is 2.89. The maximum Gasteiger partial charge on any atom is 0.0118 e. The van der Waals surface area contributed by atoms with Crippen molar-refractivity contribution in [1.82, 2.24) is 0 Å². The Balaban J connectivity index is 1.63. The van der Waals surface area contributed by atoms with Crippen molar-refractivity contribution in [2.45, 2.75) is 36.5 Å². The van der Waals surface area contributed by atoms with Crippen LogP contribution in [0, 0.1) is 23.7 Å². The molecule has 4 saturated carbocycles. The molecule has 4 atom stereocenters. The van der Waals surface area contributed by atoms with E-state index in [9.17, 15) is 0 Å². The van der Waals surface area contributed by atoms with Crippen molar-refractivity contribution in [1.29, 1.82) is 0 Å². The molecule has 0 nitrogen and oxygen atoms in total. The molecule has 6 rings (SSSR count). The minimum absolute atomic E-state index is 0.488. The van der Waals surface area contributed by atoms with Crippen LogP contribution < -0.4 is 0 Å². The van der Waals surface area contributed by atoms with Crippen molar-refractivity contribution < 1.29 is 0 Å². The smallest absolute Gasteiger partial charge is 0.0118 e. The zero-order valence-electron chi connectivity index (χ0n) is 12.9. The first-order chi connectivity index (χ1) is 10.9. The first kappa shape index (κ1) is 11.9. The van der Waals surface area contributed by atoms with E-state index < -0.39 is 0 Å². The Morgan fingerprint density at radius 1 is 0.500 bits per heavy atom. The van der Waals surface area contributed by atoms with Gasteiger partial charge < -0.3 is 0 Å². The van der Waals surface area contributed by atoms with Crippen LogP contribution in [0.25, 0.3) is 0 Å². The molecule has 0 aromatic heterocycles. The van der Waals surface area contributed by atoms with E-state index in [2.05, 4.69) is 60.7 Å². The second-order valence-corrected chi connectivity index (χ2v) is 8.05. The summed E-state index contributed by atoms with van der Waals surface area (Å²) >= 11 is 0. The number of benzene rings is 2. The Labute approximate surface area is 132 Å². The van der Waals surface area contributed by atoms with Crippen molar-refractivity contribution in [2.24, 2.45) is 23.7 Å². The van der Waals surface area contributed by atoms with Gasteiger partial charge in [-0.15, -0.1) is 0 Å². The normalized spacial score (nSPS) is 46.7. The second kappa shape index (κ2) is 3.67. The van der Waals surface area contributed by atoms with Crippen molar-refractivity contribution in [3.05, 3.63) is 71.8 Å². The van der Waals surface area contributed by atoms with Crippen LogP contribution in [0.15, 0.2) is 60.7 Å². The largest absolute Gasteiger partial charge is 0.0622 e. The monoisotopic (exact) mass is 286 g/mol. The van der Waals surface area contributed by atoms with Gasteiger partial charge in [-0.3, -0.25) is 0 Å². The Kier molecular flexibility index (Phi) is 1.99. The van der Waals surface area contributed by atoms with Gasteiger partial charge in [0.25, 0.3) is 0 Å². The quantitative estimate of drug-likeness (QED) is 0.733. The maximum atomic E-state index is 2.43. The Bertz CT molecular complexity index is 644. The maximum absolute atomic E-state index is 2.43. The third-order valence-electron chi connectivity index (χ3n) is 8.08. The molecule has 22 heavy (non-hydrogen) atoms. The van der Waals surface area contributed by atoms with E-state index in [4.69, 9.17) is 0 Å². The predicted octanol–water partition coefficient (Wildman–Crippen LogP) is 4.94. The van der Waals surface area contributed by atoms with E-state index in [1.807, 2.05) is 0 Å². The molecule has 110 valence electrons. The van der Waals surface area contributed by atoms with Crippen LogP contribution in [0.5, 0.6) is 0 Å². The molecule has 4 aliphatic carbocycles. The molecule has 0 aliphatic heterocycles. The molecule has 2 aromatic carbocycles. The van der Waals surface area contributed by atoms with Crippen molar-refractivity contribution >= 4 is 0 Å². The molecule has 0 heteroatoms. The van der Waals surface area contributed by atoms with Gasteiger partial charge >= 0.3 is 0 Å². The van der Waals surface area contributed by atoms with Gasteiger partial charge in [0.05, 0.1) is 0 Å². The fourth-order valence-electron chi connectivity index (χ4n) is 8.05. The zero-order chi connectivity index (χ0) is 14.4. The van der Waals surface area contributed by atoms with Crippen molar-refractivity contribution in [3.63, 3.8) is 0 Å². The highest BCUT2D eigenvalue weighted by molar-refractivity contribution is 5.57. The van der Waals surface area contributed by atoms with Gasteiger partial charge in [-0.2, -0.15) is 0 Å². The van der Waals surface area contributed by atoms with Crippen LogP contribution in [0.3, 0.4) is 0 Å². The first-order valence-electron chi connectivity index (χ1n) is 9.03. The number of fused-ring (bicyclic) bond motifs is 2. The molecule has 0 saturated heterocycles. The van der Waals surface area contributed by atoms with E-state index in [0.717, 1.165) is 23.7 Å². The van der Waals surface area contributed by atoms with Gasteiger partial charge in [0.15, 0.2) is 0 Å². The lowest BCUT2D eigenvalue weighted by Crippen LogP contribution is -2.80. The Morgan fingerprint density at radius 3 is 1.14 bits per heavy atom. The average Bonchev–Trinajstić information content (AvgIpc) is 2.87. The molecular formula is C22H22. The summed E-state index contributed by atoms with van der Waals surface area (Å²) in [6.45, 7) is 0. The number of hydrogen-bond acceptors (Lipinski definition) is 0. The van der Waals surface area contributed by atoms with Crippen molar-refractivity contribution in [3.8, 4) is 0 Å². The predicted molar refractivity (Wildman–Crippen MR) is 88.7 cm³/mol. The summed E-state index contributed by atoms with van der Waals surface area (Å²) in [5.74, 6) is 3.83. The van der Waals surface area contributed by atoms with Gasteiger partial charge in [0.1, 0.15) is 0 Å². The SMILES string of the molecule is c1ccc(C23[C@@H]4CC[C@@H]2[C@H]2CC[C@H]4C23c2ccccc2)cc1. The zero-order valence-corrected chi connectivity index (χ0v) is 12.9. The first-order valence-corrected chi connectivity index (χ1v) is 9.03. The van der Waals surface area contributed by atoms with Gasteiger partial charge in [-0.1, -0.05) is 60.7 Å². The van der Waals surface area contributed by atoms with E-state index in [1.54, 1.807) is 11.1 Å². The molecule has 0 N–H and O–H groups in total. The molecule has 0 radical (unpaired) electrons. The molecule has 4 aliphatic rings. The standard InChI is InChI=1S/C22H22/c1-3-7-15(8-4-1)21-17-11-12-18(21)20-14-13-19(17)22(20,21)16-9-5-2-6-10-16/h1-10,17-20H,11-14H2/t17-,18-,19-,20-,21?,22?/m1/s1. The van der Waals surface area contributed by atoms with E-state index in [1.165, 1.54) is 25.7 Å². The fraction of sp³-hybridized carbons (Fsp3) is 0.455. The highest BCUT2D eigenvalue weighted by Gasteiger charge is 2.88. The minimum atomic E-state index is 0.488. The summed E-state index contributed by atoms with van der Waals surface area (Å²) in [7, 11) is 0.